The standard InChI is InChI=1S/C15H20BrNO4/c1-17(11-7-2-3-8-12(18)14(11)20)15(21)9-5-4-6-10(16)13(9)19/h4-6,11-12,14,18-20H,2-3,7-8H2,1H3/t11-,12-,14-/m1/s1. The molecule has 0 heterocycles. The predicted octanol–water partition coefficient (Wildman–Crippen LogP) is 1.89. The lowest BCUT2D eigenvalue weighted by Crippen LogP contribution is -2.48. The van der Waals surface area contributed by atoms with E-state index in [1.54, 1.807) is 25.2 Å². The summed E-state index contributed by atoms with van der Waals surface area (Å²) in [5.74, 6) is -0.482. The number of aromatic hydroxyl groups is 1. The number of nitrogens with zero attached hydrogens (tertiary/aromatic N) is 1. The number of hydrogen-bond donors (Lipinski definition) is 3. The Bertz CT molecular complexity index is 522. The largest absolute Gasteiger partial charge is 0.506 e. The first-order valence-corrected chi connectivity index (χ1v) is 7.83. The minimum Gasteiger partial charge on any atom is -0.506 e. The Morgan fingerprint density at radius 2 is 1.95 bits per heavy atom. The second-order valence-electron chi connectivity index (χ2n) is 5.46. The fraction of sp³-hybridized carbons (Fsp3) is 0.533. The molecule has 21 heavy (non-hydrogen) atoms. The number of amides is 1. The molecule has 1 aromatic rings. The molecule has 5 nitrogen and oxygen atoms in total. The molecule has 0 bridgehead atoms. The number of carbonyl (C=O) groups excluding carboxylic acids is 1. The maximum Gasteiger partial charge on any atom is 0.257 e. The summed E-state index contributed by atoms with van der Waals surface area (Å²) >= 11 is 3.18. The van der Waals surface area contributed by atoms with Crippen LogP contribution in [0.25, 0.3) is 0 Å². The summed E-state index contributed by atoms with van der Waals surface area (Å²) in [5, 5.41) is 30.1. The molecule has 1 amide bonds. The maximum atomic E-state index is 12.5. The molecule has 6 heteroatoms. The van der Waals surface area contributed by atoms with Crippen molar-refractivity contribution in [2.45, 2.75) is 43.9 Å². The molecule has 2 rings (SSSR count). The summed E-state index contributed by atoms with van der Waals surface area (Å²) in [6.45, 7) is 0. The van der Waals surface area contributed by atoms with Gasteiger partial charge in [0.25, 0.3) is 5.91 Å². The third kappa shape index (κ3) is 3.39. The third-order valence-electron chi connectivity index (χ3n) is 4.07. The van der Waals surface area contributed by atoms with Crippen molar-refractivity contribution in [3.05, 3.63) is 28.2 Å². The van der Waals surface area contributed by atoms with Crippen LogP contribution in [0.1, 0.15) is 36.0 Å². The van der Waals surface area contributed by atoms with Crippen LogP contribution in [0.15, 0.2) is 22.7 Å². The number of para-hydroxylation sites is 1. The van der Waals surface area contributed by atoms with Gasteiger partial charge in [-0.3, -0.25) is 4.79 Å². The molecule has 0 saturated heterocycles. The number of carbonyl (C=O) groups is 1. The van der Waals surface area contributed by atoms with E-state index in [1.165, 1.54) is 4.90 Å². The summed E-state index contributed by atoms with van der Waals surface area (Å²) in [4.78, 5) is 14.0. The van der Waals surface area contributed by atoms with Crippen molar-refractivity contribution in [3.63, 3.8) is 0 Å². The summed E-state index contributed by atoms with van der Waals surface area (Å²) in [6, 6.07) is 4.41. The van der Waals surface area contributed by atoms with Gasteiger partial charge in [0, 0.05) is 7.05 Å². The van der Waals surface area contributed by atoms with Crippen LogP contribution in [-0.4, -0.2) is 51.4 Å². The lowest BCUT2D eigenvalue weighted by atomic mass is 10.0. The molecule has 1 saturated carbocycles. The van der Waals surface area contributed by atoms with Crippen LogP contribution >= 0.6 is 15.9 Å². The van der Waals surface area contributed by atoms with E-state index in [1.807, 2.05) is 0 Å². The number of halogens is 1. The zero-order valence-electron chi connectivity index (χ0n) is 11.9. The topological polar surface area (TPSA) is 81.0 Å². The number of hydrogen-bond acceptors (Lipinski definition) is 4. The second kappa shape index (κ2) is 6.77. The Morgan fingerprint density at radius 1 is 1.29 bits per heavy atom. The number of phenolic OH excluding ortho intramolecular Hbond substituents is 1. The highest BCUT2D eigenvalue weighted by atomic mass is 79.9. The Labute approximate surface area is 132 Å². The van der Waals surface area contributed by atoms with Crippen LogP contribution in [0.4, 0.5) is 0 Å². The average Bonchev–Trinajstić information content (AvgIpc) is 2.63. The fourth-order valence-corrected chi connectivity index (χ4v) is 3.12. The van der Waals surface area contributed by atoms with E-state index in [9.17, 15) is 20.1 Å². The smallest absolute Gasteiger partial charge is 0.257 e. The molecule has 3 atom stereocenters. The van der Waals surface area contributed by atoms with Gasteiger partial charge >= 0.3 is 0 Å². The van der Waals surface area contributed by atoms with Gasteiger partial charge in [0.1, 0.15) is 11.9 Å². The van der Waals surface area contributed by atoms with Crippen molar-refractivity contribution < 1.29 is 20.1 Å². The summed E-state index contributed by atoms with van der Waals surface area (Å²) in [6.07, 6.45) is 1.08. The Morgan fingerprint density at radius 3 is 2.67 bits per heavy atom. The van der Waals surface area contributed by atoms with Crippen molar-refractivity contribution in [2.24, 2.45) is 0 Å². The molecule has 1 fully saturated rings. The monoisotopic (exact) mass is 357 g/mol. The Kier molecular flexibility index (Phi) is 5.24. The summed E-state index contributed by atoms with van der Waals surface area (Å²) in [7, 11) is 1.59. The van der Waals surface area contributed by atoms with Crippen molar-refractivity contribution in [3.8, 4) is 5.75 Å². The van der Waals surface area contributed by atoms with Crippen molar-refractivity contribution in [1.29, 1.82) is 0 Å². The lowest BCUT2D eigenvalue weighted by molar-refractivity contribution is -0.0256. The molecule has 0 spiro atoms. The number of likely N-dealkylation sites (N-methyl/N-ethyl adjacent to an activating group) is 1. The Hall–Kier alpha value is -1.11. The zero-order chi connectivity index (χ0) is 15.6. The van der Waals surface area contributed by atoms with Crippen LogP contribution < -0.4 is 0 Å². The SMILES string of the molecule is CN(C(=O)c1cccc(Br)c1O)[C@@H]1CCCC[C@@H](O)[C@@H]1O. The third-order valence-corrected chi connectivity index (χ3v) is 4.71. The van der Waals surface area contributed by atoms with Crippen molar-refractivity contribution in [1.82, 2.24) is 4.90 Å². The number of phenols is 1. The van der Waals surface area contributed by atoms with Crippen LogP contribution in [0.2, 0.25) is 0 Å². The van der Waals surface area contributed by atoms with Crippen LogP contribution in [0.5, 0.6) is 5.75 Å². The van der Waals surface area contributed by atoms with Gasteiger partial charge in [0.05, 0.1) is 22.2 Å². The quantitative estimate of drug-likeness (QED) is 0.706. The molecule has 0 aromatic heterocycles. The van der Waals surface area contributed by atoms with Crippen LogP contribution in [0.3, 0.4) is 0 Å². The average molecular weight is 358 g/mol. The molecular weight excluding hydrogens is 338 g/mol. The minimum absolute atomic E-state index is 0.113. The van der Waals surface area contributed by atoms with Gasteiger partial charge in [-0.05, 0) is 40.9 Å². The van der Waals surface area contributed by atoms with Gasteiger partial charge in [-0.2, -0.15) is 0 Å². The predicted molar refractivity (Wildman–Crippen MR) is 82.2 cm³/mol. The Balaban J connectivity index is 2.23. The molecular formula is C15H20BrNO4. The van der Waals surface area contributed by atoms with Crippen LogP contribution in [0, 0.1) is 0 Å². The number of rotatable bonds is 2. The van der Waals surface area contributed by atoms with E-state index in [-0.39, 0.29) is 17.2 Å². The normalized spacial score (nSPS) is 26.2. The van der Waals surface area contributed by atoms with Gasteiger partial charge < -0.3 is 20.2 Å². The number of benzene rings is 1. The number of aliphatic hydroxyl groups is 2. The molecule has 1 aliphatic rings. The van der Waals surface area contributed by atoms with Crippen LogP contribution in [-0.2, 0) is 0 Å². The van der Waals surface area contributed by atoms with E-state index in [0.717, 1.165) is 12.8 Å². The highest BCUT2D eigenvalue weighted by molar-refractivity contribution is 9.10. The number of aliphatic hydroxyl groups excluding tert-OH is 2. The van der Waals surface area contributed by atoms with E-state index < -0.39 is 18.2 Å². The van der Waals surface area contributed by atoms with E-state index in [0.29, 0.717) is 17.3 Å². The molecule has 0 radical (unpaired) electrons. The molecule has 3 N–H and O–H groups in total. The van der Waals surface area contributed by atoms with E-state index >= 15 is 0 Å². The summed E-state index contributed by atoms with van der Waals surface area (Å²) < 4.78 is 0.447. The van der Waals surface area contributed by atoms with Gasteiger partial charge in [-0.15, -0.1) is 0 Å². The zero-order valence-corrected chi connectivity index (χ0v) is 13.5. The van der Waals surface area contributed by atoms with Gasteiger partial charge in [0.15, 0.2) is 0 Å². The second-order valence-corrected chi connectivity index (χ2v) is 6.32. The van der Waals surface area contributed by atoms with Crippen molar-refractivity contribution >= 4 is 21.8 Å². The minimum atomic E-state index is -0.962. The molecule has 116 valence electrons. The summed E-state index contributed by atoms with van der Waals surface area (Å²) in [5.41, 5.74) is 0.179. The first-order chi connectivity index (χ1) is 9.93. The first-order valence-electron chi connectivity index (χ1n) is 7.04. The van der Waals surface area contributed by atoms with E-state index in [2.05, 4.69) is 15.9 Å². The highest BCUT2D eigenvalue weighted by Crippen LogP contribution is 2.30. The first kappa shape index (κ1) is 16.3. The highest BCUT2D eigenvalue weighted by Gasteiger charge is 2.34. The fourth-order valence-electron chi connectivity index (χ4n) is 2.76. The molecule has 1 aromatic carbocycles. The molecule has 0 aliphatic heterocycles. The maximum absolute atomic E-state index is 12.5. The lowest BCUT2D eigenvalue weighted by Gasteiger charge is -2.32. The van der Waals surface area contributed by atoms with Crippen molar-refractivity contribution in [2.75, 3.05) is 7.05 Å². The van der Waals surface area contributed by atoms with E-state index in [4.69, 9.17) is 0 Å². The van der Waals surface area contributed by atoms with Gasteiger partial charge in [0.2, 0.25) is 0 Å². The van der Waals surface area contributed by atoms with Gasteiger partial charge in [-0.25, -0.2) is 0 Å². The van der Waals surface area contributed by atoms with Gasteiger partial charge in [-0.1, -0.05) is 18.9 Å². The molecule has 1 aliphatic carbocycles. The molecule has 0 unspecified atom stereocenters.